The molecule has 0 bridgehead atoms. The fourth-order valence-electron chi connectivity index (χ4n) is 1.59. The van der Waals surface area contributed by atoms with Crippen LogP contribution in [0.4, 0.5) is 5.69 Å². The van der Waals surface area contributed by atoms with Gasteiger partial charge in [0.25, 0.3) is 0 Å². The number of ketones is 1. The van der Waals surface area contributed by atoms with Gasteiger partial charge in [-0.1, -0.05) is 40.9 Å². The lowest BCUT2D eigenvalue weighted by molar-refractivity contribution is 0.104. The number of carbonyl (C=O) groups excluding carboxylic acids is 1. The van der Waals surface area contributed by atoms with Gasteiger partial charge in [-0.05, 0) is 30.3 Å². The first kappa shape index (κ1) is 13.2. The lowest BCUT2D eigenvalue weighted by Gasteiger charge is -2.08. The second-order valence-corrected chi connectivity index (χ2v) is 4.91. The van der Waals surface area contributed by atoms with Crippen LogP contribution in [0.3, 0.4) is 0 Å². The van der Waals surface area contributed by atoms with Crippen LogP contribution in [-0.4, -0.2) is 5.78 Å². The summed E-state index contributed by atoms with van der Waals surface area (Å²) in [6.45, 7) is 0. The molecule has 0 radical (unpaired) electrons. The van der Waals surface area contributed by atoms with Crippen molar-refractivity contribution in [1.82, 2.24) is 0 Å². The van der Waals surface area contributed by atoms with E-state index in [9.17, 15) is 4.79 Å². The highest BCUT2D eigenvalue weighted by molar-refractivity contribution is 6.40. The van der Waals surface area contributed by atoms with Crippen molar-refractivity contribution in [3.8, 4) is 0 Å². The van der Waals surface area contributed by atoms with Gasteiger partial charge in [0.05, 0.1) is 15.6 Å². The Labute approximate surface area is 119 Å². The number of nitrogens with two attached hydrogens (primary N) is 1. The Balaban J connectivity index is 2.55. The molecule has 0 saturated heterocycles. The van der Waals surface area contributed by atoms with Crippen molar-refractivity contribution in [1.29, 1.82) is 0 Å². The molecule has 0 spiro atoms. The van der Waals surface area contributed by atoms with Gasteiger partial charge in [-0.3, -0.25) is 4.79 Å². The van der Waals surface area contributed by atoms with E-state index < -0.39 is 0 Å². The van der Waals surface area contributed by atoms with Gasteiger partial charge in [-0.15, -0.1) is 0 Å². The summed E-state index contributed by atoms with van der Waals surface area (Å²) in [5.41, 5.74) is 6.66. The predicted molar refractivity (Wildman–Crippen MR) is 75.8 cm³/mol. The molecule has 0 aromatic heterocycles. The summed E-state index contributed by atoms with van der Waals surface area (Å²) in [5.74, 6) is -0.320. The Hall–Kier alpha value is -1.22. The highest BCUT2D eigenvalue weighted by Gasteiger charge is 2.18. The monoisotopic (exact) mass is 299 g/mol. The third-order valence-corrected chi connectivity index (χ3v) is 3.31. The average Bonchev–Trinajstić information content (AvgIpc) is 2.28. The van der Waals surface area contributed by atoms with Gasteiger partial charge in [-0.25, -0.2) is 0 Å². The zero-order chi connectivity index (χ0) is 13.3. The number of hydrogen-bond donors (Lipinski definition) is 1. The molecule has 2 aromatic carbocycles. The van der Waals surface area contributed by atoms with E-state index >= 15 is 0 Å². The molecule has 0 aliphatic rings. The number of carbonyl (C=O) groups is 1. The highest BCUT2D eigenvalue weighted by Crippen LogP contribution is 2.29. The summed E-state index contributed by atoms with van der Waals surface area (Å²) < 4.78 is 0. The van der Waals surface area contributed by atoms with E-state index in [2.05, 4.69) is 0 Å². The van der Waals surface area contributed by atoms with Crippen LogP contribution in [0.2, 0.25) is 15.1 Å². The molecule has 2 N–H and O–H groups in total. The van der Waals surface area contributed by atoms with Gasteiger partial charge in [0.15, 0.2) is 5.78 Å². The molecule has 0 fully saturated rings. The average molecular weight is 301 g/mol. The van der Waals surface area contributed by atoms with Gasteiger partial charge < -0.3 is 5.73 Å². The fourth-order valence-corrected chi connectivity index (χ4v) is 2.35. The molecule has 0 amide bonds. The lowest BCUT2D eigenvalue weighted by Crippen LogP contribution is -2.06. The molecule has 5 heteroatoms. The number of halogens is 3. The van der Waals surface area contributed by atoms with Crippen LogP contribution in [0.25, 0.3) is 0 Å². The smallest absolute Gasteiger partial charge is 0.198 e. The number of nitrogen functional groups attached to an aromatic ring is 1. The van der Waals surface area contributed by atoms with Crippen LogP contribution < -0.4 is 5.73 Å². The van der Waals surface area contributed by atoms with E-state index in [1.54, 1.807) is 30.3 Å². The van der Waals surface area contributed by atoms with Crippen LogP contribution in [0.5, 0.6) is 0 Å². The van der Waals surface area contributed by atoms with E-state index in [4.69, 9.17) is 40.5 Å². The normalized spacial score (nSPS) is 10.4. The maximum absolute atomic E-state index is 12.3. The first-order chi connectivity index (χ1) is 8.50. The topological polar surface area (TPSA) is 43.1 Å². The third-order valence-electron chi connectivity index (χ3n) is 2.45. The predicted octanol–water partition coefficient (Wildman–Crippen LogP) is 4.46. The van der Waals surface area contributed by atoms with Gasteiger partial charge in [0.1, 0.15) is 0 Å². The Bertz CT molecular complexity index is 605. The van der Waals surface area contributed by atoms with Crippen LogP contribution >= 0.6 is 34.8 Å². The maximum atomic E-state index is 12.3. The maximum Gasteiger partial charge on any atom is 0.198 e. The molecule has 0 aliphatic heterocycles. The van der Waals surface area contributed by atoms with Crippen molar-refractivity contribution >= 4 is 46.3 Å². The van der Waals surface area contributed by atoms with Crippen LogP contribution in [0.1, 0.15) is 15.9 Å². The second-order valence-electron chi connectivity index (χ2n) is 3.66. The molecule has 0 saturated carbocycles. The summed E-state index contributed by atoms with van der Waals surface area (Å²) in [7, 11) is 0. The Morgan fingerprint density at radius 2 is 1.72 bits per heavy atom. The van der Waals surface area contributed by atoms with E-state index in [0.717, 1.165) is 0 Å². The van der Waals surface area contributed by atoms with Gasteiger partial charge in [0.2, 0.25) is 0 Å². The van der Waals surface area contributed by atoms with E-state index in [1.807, 2.05) is 0 Å². The zero-order valence-corrected chi connectivity index (χ0v) is 11.4. The number of anilines is 1. The molecular weight excluding hydrogens is 293 g/mol. The minimum absolute atomic E-state index is 0.253. The standard InChI is InChI=1S/C13H8Cl3NO/c14-7-4-5-8(10(16)6-7)13(18)12-9(15)2-1-3-11(12)17/h1-6H,17H2. The highest BCUT2D eigenvalue weighted by atomic mass is 35.5. The molecule has 0 unspecified atom stereocenters. The number of rotatable bonds is 2. The molecule has 92 valence electrons. The lowest BCUT2D eigenvalue weighted by atomic mass is 10.0. The van der Waals surface area contributed by atoms with Crippen LogP contribution in [0.15, 0.2) is 36.4 Å². The summed E-state index contributed by atoms with van der Waals surface area (Å²) >= 11 is 17.8. The van der Waals surface area contributed by atoms with Crippen LogP contribution in [-0.2, 0) is 0 Å². The largest absolute Gasteiger partial charge is 0.398 e. The van der Waals surface area contributed by atoms with Crippen molar-refractivity contribution in [2.45, 2.75) is 0 Å². The molecule has 18 heavy (non-hydrogen) atoms. The molecule has 0 heterocycles. The van der Waals surface area contributed by atoms with Gasteiger partial charge >= 0.3 is 0 Å². The zero-order valence-electron chi connectivity index (χ0n) is 9.08. The van der Waals surface area contributed by atoms with Gasteiger partial charge in [0, 0.05) is 16.3 Å². The van der Waals surface area contributed by atoms with Crippen molar-refractivity contribution in [3.05, 3.63) is 62.6 Å². The van der Waals surface area contributed by atoms with E-state index in [1.165, 1.54) is 6.07 Å². The summed E-state index contributed by atoms with van der Waals surface area (Å²) in [5, 5.41) is 1.03. The van der Waals surface area contributed by atoms with Crippen molar-refractivity contribution in [3.63, 3.8) is 0 Å². The number of hydrogen-bond acceptors (Lipinski definition) is 2. The molecular formula is C13H8Cl3NO. The van der Waals surface area contributed by atoms with Crippen molar-refractivity contribution < 1.29 is 4.79 Å². The SMILES string of the molecule is Nc1cccc(Cl)c1C(=O)c1ccc(Cl)cc1Cl. The van der Waals surface area contributed by atoms with Gasteiger partial charge in [-0.2, -0.15) is 0 Å². The summed E-state index contributed by atoms with van der Waals surface area (Å²) in [4.78, 5) is 12.3. The third kappa shape index (κ3) is 2.46. The second kappa shape index (κ2) is 5.19. The van der Waals surface area contributed by atoms with E-state index in [0.29, 0.717) is 21.3 Å². The minimum atomic E-state index is -0.320. The quantitative estimate of drug-likeness (QED) is 0.657. The summed E-state index contributed by atoms with van der Waals surface area (Å²) in [6, 6.07) is 9.54. The minimum Gasteiger partial charge on any atom is -0.398 e. The van der Waals surface area contributed by atoms with Crippen LogP contribution in [0, 0.1) is 0 Å². The Morgan fingerprint density at radius 1 is 1.00 bits per heavy atom. The first-order valence-corrected chi connectivity index (χ1v) is 6.18. The Morgan fingerprint density at radius 3 is 2.33 bits per heavy atom. The fraction of sp³-hybridized carbons (Fsp3) is 0. The summed E-state index contributed by atoms with van der Waals surface area (Å²) in [6.07, 6.45) is 0. The molecule has 2 aromatic rings. The molecule has 0 aliphatic carbocycles. The molecule has 2 rings (SSSR count). The van der Waals surface area contributed by atoms with Crippen molar-refractivity contribution in [2.24, 2.45) is 0 Å². The Kier molecular flexibility index (Phi) is 3.81. The molecule has 0 atom stereocenters. The number of benzene rings is 2. The molecule has 2 nitrogen and oxygen atoms in total. The van der Waals surface area contributed by atoms with Crippen molar-refractivity contribution in [2.75, 3.05) is 5.73 Å². The van der Waals surface area contributed by atoms with E-state index in [-0.39, 0.29) is 16.4 Å². The first-order valence-electron chi connectivity index (χ1n) is 5.04.